The quantitative estimate of drug-likeness (QED) is 0.806. The number of nitrogens with one attached hydrogen (secondary N) is 1. The molecule has 0 bridgehead atoms. The second-order valence-corrected chi connectivity index (χ2v) is 5.70. The number of para-hydroxylation sites is 1. The Morgan fingerprint density at radius 2 is 2.26 bits per heavy atom. The molecule has 118 valence electrons. The van der Waals surface area contributed by atoms with Crippen LogP contribution in [0, 0.1) is 0 Å². The van der Waals surface area contributed by atoms with Crippen molar-refractivity contribution in [3.05, 3.63) is 54.3 Å². The fourth-order valence-corrected chi connectivity index (χ4v) is 2.98. The maximum Gasteiger partial charge on any atom is 0.287 e. The second kappa shape index (κ2) is 5.55. The fourth-order valence-electron chi connectivity index (χ4n) is 2.98. The summed E-state index contributed by atoms with van der Waals surface area (Å²) in [6.45, 7) is 0.600. The standard InChI is InChI=1S/C17H17N3O3/c1-20-8-7-18-16(20)15-12(6-9-22-15)19-17(21)14-10-11-4-2-3-5-13(11)23-14/h2-5,7-8,10,12,15H,6,9H2,1H3,(H,19,21)/t12-,15-/m0/s1. The van der Waals surface area contributed by atoms with Crippen LogP contribution in [0.3, 0.4) is 0 Å². The van der Waals surface area contributed by atoms with Crippen molar-refractivity contribution in [2.75, 3.05) is 6.61 Å². The Labute approximate surface area is 133 Å². The van der Waals surface area contributed by atoms with Crippen LogP contribution in [0.15, 0.2) is 47.1 Å². The Morgan fingerprint density at radius 3 is 3.04 bits per heavy atom. The number of amides is 1. The lowest BCUT2D eigenvalue weighted by Gasteiger charge is -2.19. The first-order valence-corrected chi connectivity index (χ1v) is 7.60. The van der Waals surface area contributed by atoms with E-state index in [1.165, 1.54) is 0 Å². The van der Waals surface area contributed by atoms with Gasteiger partial charge in [-0.2, -0.15) is 0 Å². The molecule has 2 aromatic heterocycles. The number of rotatable bonds is 3. The molecule has 1 saturated heterocycles. The molecule has 1 aliphatic heterocycles. The third-order valence-electron chi connectivity index (χ3n) is 4.17. The molecular weight excluding hydrogens is 294 g/mol. The molecule has 4 rings (SSSR count). The molecule has 0 unspecified atom stereocenters. The highest BCUT2D eigenvalue weighted by Crippen LogP contribution is 2.28. The van der Waals surface area contributed by atoms with Crippen LogP contribution in [-0.4, -0.2) is 28.1 Å². The number of carbonyl (C=O) groups excluding carboxylic acids is 1. The summed E-state index contributed by atoms with van der Waals surface area (Å²) in [5.41, 5.74) is 0.709. The average Bonchev–Trinajstić information content (AvgIpc) is 3.25. The molecule has 1 aliphatic rings. The van der Waals surface area contributed by atoms with E-state index in [-0.39, 0.29) is 18.1 Å². The van der Waals surface area contributed by atoms with Gasteiger partial charge in [0.25, 0.3) is 5.91 Å². The van der Waals surface area contributed by atoms with Crippen LogP contribution in [0.2, 0.25) is 0 Å². The molecule has 0 aliphatic carbocycles. The molecule has 3 aromatic rings. The van der Waals surface area contributed by atoms with Crippen molar-refractivity contribution < 1.29 is 13.9 Å². The summed E-state index contributed by atoms with van der Waals surface area (Å²) in [7, 11) is 1.92. The Balaban J connectivity index is 1.54. The average molecular weight is 311 g/mol. The summed E-state index contributed by atoms with van der Waals surface area (Å²) in [5, 5.41) is 3.93. The van der Waals surface area contributed by atoms with Crippen molar-refractivity contribution in [1.29, 1.82) is 0 Å². The van der Waals surface area contributed by atoms with E-state index in [0.717, 1.165) is 17.6 Å². The second-order valence-electron chi connectivity index (χ2n) is 5.70. The van der Waals surface area contributed by atoms with Crippen LogP contribution >= 0.6 is 0 Å². The minimum Gasteiger partial charge on any atom is -0.451 e. The van der Waals surface area contributed by atoms with E-state index >= 15 is 0 Å². The van der Waals surface area contributed by atoms with Gasteiger partial charge in [0, 0.05) is 31.4 Å². The fraction of sp³-hybridized carbons (Fsp3) is 0.294. The van der Waals surface area contributed by atoms with Crippen molar-refractivity contribution in [2.24, 2.45) is 7.05 Å². The van der Waals surface area contributed by atoms with Gasteiger partial charge in [-0.3, -0.25) is 4.79 Å². The first-order chi connectivity index (χ1) is 11.2. The van der Waals surface area contributed by atoms with E-state index in [1.54, 1.807) is 12.3 Å². The summed E-state index contributed by atoms with van der Waals surface area (Å²) >= 11 is 0. The molecule has 6 nitrogen and oxygen atoms in total. The first kappa shape index (κ1) is 14.0. The van der Waals surface area contributed by atoms with Crippen LogP contribution < -0.4 is 5.32 Å². The van der Waals surface area contributed by atoms with Gasteiger partial charge in [0.2, 0.25) is 0 Å². The van der Waals surface area contributed by atoms with Gasteiger partial charge in [-0.15, -0.1) is 0 Å². The number of benzene rings is 1. The topological polar surface area (TPSA) is 69.3 Å². The molecule has 1 N–H and O–H groups in total. The Hall–Kier alpha value is -2.60. The summed E-state index contributed by atoms with van der Waals surface area (Å²) in [5.74, 6) is 0.907. The highest BCUT2D eigenvalue weighted by atomic mass is 16.5. The zero-order chi connectivity index (χ0) is 15.8. The summed E-state index contributed by atoms with van der Waals surface area (Å²) in [6.07, 6.45) is 4.12. The lowest BCUT2D eigenvalue weighted by atomic mass is 10.1. The van der Waals surface area contributed by atoms with Crippen molar-refractivity contribution in [3.63, 3.8) is 0 Å². The molecule has 0 spiro atoms. The zero-order valence-corrected chi connectivity index (χ0v) is 12.7. The number of imidazole rings is 1. The smallest absolute Gasteiger partial charge is 0.287 e. The summed E-state index contributed by atoms with van der Waals surface area (Å²) in [6, 6.07) is 9.22. The molecule has 1 amide bonds. The minimum absolute atomic E-state index is 0.114. The molecule has 0 radical (unpaired) electrons. The van der Waals surface area contributed by atoms with Crippen LogP contribution in [0.25, 0.3) is 11.0 Å². The third kappa shape index (κ3) is 2.51. The van der Waals surface area contributed by atoms with E-state index in [9.17, 15) is 4.79 Å². The van der Waals surface area contributed by atoms with Gasteiger partial charge in [0.1, 0.15) is 17.5 Å². The van der Waals surface area contributed by atoms with Gasteiger partial charge < -0.3 is 19.0 Å². The third-order valence-corrected chi connectivity index (χ3v) is 4.17. The molecule has 2 atom stereocenters. The highest BCUT2D eigenvalue weighted by Gasteiger charge is 2.34. The maximum atomic E-state index is 12.5. The predicted octanol–water partition coefficient (Wildman–Crippen LogP) is 2.43. The van der Waals surface area contributed by atoms with Crippen molar-refractivity contribution in [2.45, 2.75) is 18.6 Å². The van der Waals surface area contributed by atoms with E-state index in [2.05, 4.69) is 10.3 Å². The summed E-state index contributed by atoms with van der Waals surface area (Å²) < 4.78 is 13.3. The zero-order valence-electron chi connectivity index (χ0n) is 12.7. The number of aryl methyl sites for hydroxylation is 1. The Morgan fingerprint density at radius 1 is 1.39 bits per heavy atom. The molecule has 1 fully saturated rings. The number of nitrogens with zero attached hydrogens (tertiary/aromatic N) is 2. The van der Waals surface area contributed by atoms with Gasteiger partial charge in [-0.1, -0.05) is 18.2 Å². The normalized spacial score (nSPS) is 20.9. The molecule has 0 saturated carbocycles. The molecule has 3 heterocycles. The number of carbonyl (C=O) groups is 1. The van der Waals surface area contributed by atoms with Crippen LogP contribution in [0.1, 0.15) is 28.9 Å². The van der Waals surface area contributed by atoms with E-state index in [4.69, 9.17) is 9.15 Å². The van der Waals surface area contributed by atoms with Crippen molar-refractivity contribution >= 4 is 16.9 Å². The number of ether oxygens (including phenoxy) is 1. The van der Waals surface area contributed by atoms with Crippen LogP contribution in [0.5, 0.6) is 0 Å². The number of furan rings is 1. The van der Waals surface area contributed by atoms with Crippen molar-refractivity contribution in [1.82, 2.24) is 14.9 Å². The van der Waals surface area contributed by atoms with E-state index in [1.807, 2.05) is 42.1 Å². The largest absolute Gasteiger partial charge is 0.451 e. The summed E-state index contributed by atoms with van der Waals surface area (Å²) in [4.78, 5) is 16.8. The van der Waals surface area contributed by atoms with Gasteiger partial charge in [-0.05, 0) is 18.6 Å². The maximum absolute atomic E-state index is 12.5. The number of fused-ring (bicyclic) bond motifs is 1. The predicted molar refractivity (Wildman–Crippen MR) is 84.0 cm³/mol. The number of hydrogen-bond acceptors (Lipinski definition) is 4. The lowest BCUT2D eigenvalue weighted by molar-refractivity contribution is 0.0764. The van der Waals surface area contributed by atoms with E-state index in [0.29, 0.717) is 18.0 Å². The van der Waals surface area contributed by atoms with Crippen molar-refractivity contribution in [3.8, 4) is 0 Å². The Bertz CT molecular complexity index is 819. The SMILES string of the molecule is Cn1ccnc1[C@H]1OCC[C@@H]1NC(=O)c1cc2ccccc2o1. The van der Waals surface area contributed by atoms with E-state index < -0.39 is 0 Å². The monoisotopic (exact) mass is 311 g/mol. The first-order valence-electron chi connectivity index (χ1n) is 7.60. The molecular formula is C17H17N3O3. The van der Waals surface area contributed by atoms with Gasteiger partial charge >= 0.3 is 0 Å². The van der Waals surface area contributed by atoms with Gasteiger partial charge in [0.15, 0.2) is 5.76 Å². The highest BCUT2D eigenvalue weighted by molar-refractivity contribution is 5.96. The molecule has 6 heteroatoms. The lowest BCUT2D eigenvalue weighted by Crippen LogP contribution is -2.37. The Kier molecular flexibility index (Phi) is 3.38. The number of aromatic nitrogens is 2. The minimum atomic E-state index is -0.233. The number of hydrogen-bond donors (Lipinski definition) is 1. The molecule has 23 heavy (non-hydrogen) atoms. The van der Waals surface area contributed by atoms with Crippen LogP contribution in [0.4, 0.5) is 0 Å². The van der Waals surface area contributed by atoms with Crippen LogP contribution in [-0.2, 0) is 11.8 Å². The molecule has 1 aromatic carbocycles. The van der Waals surface area contributed by atoms with Gasteiger partial charge in [-0.25, -0.2) is 4.98 Å². The van der Waals surface area contributed by atoms with Gasteiger partial charge in [0.05, 0.1) is 6.04 Å².